The summed E-state index contributed by atoms with van der Waals surface area (Å²) in [5.74, 6) is -0.951. The third kappa shape index (κ3) is 34.5. The number of carbonyl (C=O) groups is 2. The van der Waals surface area contributed by atoms with Crippen LogP contribution in [0.15, 0.2) is 10.2 Å². The van der Waals surface area contributed by atoms with Gasteiger partial charge in [0, 0.05) is 35.8 Å². The summed E-state index contributed by atoms with van der Waals surface area (Å²) in [5.41, 5.74) is 15.8. The van der Waals surface area contributed by atoms with E-state index in [0.29, 0.717) is 25.9 Å². The van der Waals surface area contributed by atoms with E-state index < -0.39 is 5.97 Å². The van der Waals surface area contributed by atoms with Gasteiger partial charge >= 0.3 is 30.8 Å². The summed E-state index contributed by atoms with van der Waals surface area (Å²) in [6.07, 6.45) is 5.44. The van der Waals surface area contributed by atoms with Crippen LogP contribution in [0.1, 0.15) is 51.4 Å². The van der Waals surface area contributed by atoms with Crippen LogP contribution in [0.25, 0.3) is 20.9 Å². The van der Waals surface area contributed by atoms with Crippen LogP contribution in [0.3, 0.4) is 0 Å². The van der Waals surface area contributed by atoms with Gasteiger partial charge in [-0.2, -0.15) is 0 Å². The van der Waals surface area contributed by atoms with Gasteiger partial charge in [-0.3, -0.25) is 9.59 Å². The number of nitrogens with zero attached hydrogens (tertiary/aromatic N) is 6. The molecule has 11 nitrogen and oxygen atoms in total. The van der Waals surface area contributed by atoms with Crippen LogP contribution in [0.5, 0.6) is 0 Å². The van der Waals surface area contributed by atoms with Gasteiger partial charge in [-0.15, -0.1) is 0 Å². The molecule has 138 valence electrons. The number of hydrogen-bond acceptors (Lipinski definition) is 6. The Morgan fingerprint density at radius 1 is 0.920 bits per heavy atom. The number of aliphatic carboxylic acids is 1. The predicted octanol–water partition coefficient (Wildman–Crippen LogP) is 0.799. The van der Waals surface area contributed by atoms with Crippen molar-refractivity contribution in [2.45, 2.75) is 51.4 Å². The van der Waals surface area contributed by atoms with Crippen molar-refractivity contribution in [1.29, 1.82) is 0 Å². The van der Waals surface area contributed by atoms with E-state index in [2.05, 4.69) is 24.8 Å². The van der Waals surface area contributed by atoms with E-state index in [1.807, 2.05) is 0 Å². The number of rotatable bonds is 12. The monoisotopic (exact) mass is 352 g/mol. The van der Waals surface area contributed by atoms with Crippen LogP contribution >= 0.6 is 0 Å². The molecular formula is C13H25LiN6O5. The third-order valence-corrected chi connectivity index (χ3v) is 2.64. The van der Waals surface area contributed by atoms with E-state index in [4.69, 9.17) is 16.2 Å². The number of carboxylic acid groups (broad SMARTS) is 1. The van der Waals surface area contributed by atoms with Gasteiger partial charge < -0.3 is 15.3 Å². The normalized spacial score (nSPS) is 8.04. The van der Waals surface area contributed by atoms with Gasteiger partial charge in [0.25, 0.3) is 0 Å². The molecule has 0 saturated heterocycles. The minimum absolute atomic E-state index is 0. The second-order valence-electron chi connectivity index (χ2n) is 4.50. The number of carbonyl (C=O) groups excluding carboxylic acids is 1. The Labute approximate surface area is 158 Å². The Kier molecular flexibility index (Phi) is 33.4. The van der Waals surface area contributed by atoms with Gasteiger partial charge in [-0.25, -0.2) is 0 Å². The first-order chi connectivity index (χ1) is 11.1. The van der Waals surface area contributed by atoms with Crippen molar-refractivity contribution in [1.82, 2.24) is 0 Å². The summed E-state index contributed by atoms with van der Waals surface area (Å²) in [5, 5.41) is 14.9. The van der Waals surface area contributed by atoms with E-state index in [0.717, 1.165) is 32.1 Å². The van der Waals surface area contributed by atoms with Crippen LogP contribution in [-0.2, 0) is 14.3 Å². The van der Waals surface area contributed by atoms with Crippen LogP contribution in [0, 0.1) is 0 Å². The molecule has 0 aromatic carbocycles. The number of azide groups is 2. The molecule has 0 unspecified atom stereocenters. The summed E-state index contributed by atoms with van der Waals surface area (Å²) >= 11 is 0. The summed E-state index contributed by atoms with van der Waals surface area (Å²) in [6.45, 7) is 0.980. The molecule has 0 spiro atoms. The zero-order valence-electron chi connectivity index (χ0n) is 14.9. The molecule has 0 atom stereocenters. The minimum Gasteiger partial charge on any atom is -0.870 e. The van der Waals surface area contributed by atoms with Gasteiger partial charge in [0.15, 0.2) is 0 Å². The molecule has 0 fully saturated rings. The molecule has 0 aromatic heterocycles. The quantitative estimate of drug-likeness (QED) is 0.135. The molecular weight excluding hydrogens is 327 g/mol. The number of unbranched alkanes of at least 4 members (excludes halogenated alkanes) is 4. The molecule has 2 N–H and O–H groups in total. The molecule has 0 aliphatic carbocycles. The van der Waals surface area contributed by atoms with Crippen molar-refractivity contribution in [3.8, 4) is 0 Å². The van der Waals surface area contributed by atoms with E-state index in [1.165, 1.54) is 7.11 Å². The number of esters is 1. The second-order valence-corrected chi connectivity index (χ2v) is 4.50. The van der Waals surface area contributed by atoms with Crippen molar-refractivity contribution in [3.05, 3.63) is 20.9 Å². The summed E-state index contributed by atoms with van der Waals surface area (Å²) < 4.78 is 4.46. The fourth-order valence-electron chi connectivity index (χ4n) is 1.46. The van der Waals surface area contributed by atoms with Crippen molar-refractivity contribution < 1.29 is 43.8 Å². The summed E-state index contributed by atoms with van der Waals surface area (Å²) in [4.78, 5) is 25.8. The molecule has 12 heteroatoms. The van der Waals surface area contributed by atoms with Crippen LogP contribution < -0.4 is 18.9 Å². The Morgan fingerprint density at radius 2 is 1.36 bits per heavy atom. The Balaban J connectivity index is -0.000000164. The third-order valence-electron chi connectivity index (χ3n) is 2.64. The maximum absolute atomic E-state index is 10.6. The van der Waals surface area contributed by atoms with Crippen LogP contribution in [-0.4, -0.2) is 42.7 Å². The molecule has 0 aliphatic heterocycles. The van der Waals surface area contributed by atoms with E-state index in [-0.39, 0.29) is 36.7 Å². The fourth-order valence-corrected chi connectivity index (χ4v) is 1.46. The number of carboxylic acids is 1. The second kappa shape index (κ2) is 27.0. The zero-order chi connectivity index (χ0) is 17.8. The predicted molar refractivity (Wildman–Crippen MR) is 86.5 cm³/mol. The zero-order valence-corrected chi connectivity index (χ0v) is 14.9. The number of methoxy groups -OCH3 is 1. The first kappa shape index (κ1) is 30.9. The summed E-state index contributed by atoms with van der Waals surface area (Å²) in [6, 6.07) is 0. The van der Waals surface area contributed by atoms with Crippen molar-refractivity contribution in [2.24, 2.45) is 10.2 Å². The molecule has 0 aliphatic rings. The maximum atomic E-state index is 10.6. The average molecular weight is 352 g/mol. The van der Waals surface area contributed by atoms with Gasteiger partial charge in [0.1, 0.15) is 0 Å². The molecule has 0 radical (unpaired) electrons. The van der Waals surface area contributed by atoms with E-state index in [1.54, 1.807) is 0 Å². The molecule has 0 amide bonds. The fraction of sp³-hybridized carbons (Fsp3) is 0.846. The Hall–Kier alpha value is -1.88. The van der Waals surface area contributed by atoms with Gasteiger partial charge in [0.05, 0.1) is 7.11 Å². The molecule has 0 aromatic rings. The van der Waals surface area contributed by atoms with Crippen molar-refractivity contribution >= 4 is 11.9 Å². The first-order valence-corrected chi connectivity index (χ1v) is 7.38. The maximum Gasteiger partial charge on any atom is 1.00 e. The topological polar surface area (TPSA) is 191 Å². The van der Waals surface area contributed by atoms with Gasteiger partial charge in [-0.1, -0.05) is 23.1 Å². The van der Waals surface area contributed by atoms with Crippen LogP contribution in [0.4, 0.5) is 0 Å². The Morgan fingerprint density at radius 3 is 1.72 bits per heavy atom. The average Bonchev–Trinajstić information content (AvgIpc) is 2.54. The Bertz CT molecular complexity index is 421. The van der Waals surface area contributed by atoms with Crippen molar-refractivity contribution in [3.63, 3.8) is 0 Å². The SMILES string of the molecule is COC(=O)CCCCCN=[N+]=[N-].[Li+].[N-]=[N+]=NCCCCCC(=O)O.[OH-]. The molecule has 25 heavy (non-hydrogen) atoms. The molecule has 0 saturated carbocycles. The van der Waals surface area contributed by atoms with Crippen molar-refractivity contribution in [2.75, 3.05) is 20.2 Å². The largest absolute Gasteiger partial charge is 1.00 e. The molecule has 0 heterocycles. The number of ether oxygens (including phenoxy) is 1. The van der Waals surface area contributed by atoms with Gasteiger partial charge in [-0.05, 0) is 36.7 Å². The molecule has 0 bridgehead atoms. The van der Waals surface area contributed by atoms with Gasteiger partial charge in [0.2, 0.25) is 0 Å². The summed E-state index contributed by atoms with van der Waals surface area (Å²) in [7, 11) is 1.38. The first-order valence-electron chi connectivity index (χ1n) is 7.38. The van der Waals surface area contributed by atoms with E-state index >= 15 is 0 Å². The smallest absolute Gasteiger partial charge is 0.870 e. The molecule has 0 rings (SSSR count). The van der Waals surface area contributed by atoms with E-state index in [9.17, 15) is 9.59 Å². The number of hydrogen-bond donors (Lipinski definition) is 1. The standard InChI is InChI=1S/C7H13N3O2.C6H11N3O2.Li.H2O/c1-12-7(11)5-3-2-4-6-9-10-8;7-9-8-5-3-1-2-4-6(10)11;;/h2-6H2,1H3;1-5H2,(H,10,11);;1H2/q;;+1;/p-1. The minimum atomic E-state index is -0.770. The van der Waals surface area contributed by atoms with Crippen LogP contribution in [0.2, 0.25) is 0 Å².